The molecule has 1 heterocycles. The van der Waals surface area contributed by atoms with Gasteiger partial charge in [-0.25, -0.2) is 17.5 Å². The van der Waals surface area contributed by atoms with Crippen LogP contribution in [0.15, 0.2) is 39.0 Å². The van der Waals surface area contributed by atoms with E-state index in [9.17, 15) is 12.8 Å². The van der Waals surface area contributed by atoms with E-state index in [0.717, 1.165) is 17.0 Å². The van der Waals surface area contributed by atoms with E-state index in [1.54, 1.807) is 0 Å². The molecule has 0 atom stereocenters. The molecule has 1 aromatic carbocycles. The van der Waals surface area contributed by atoms with E-state index >= 15 is 0 Å². The zero-order valence-electron chi connectivity index (χ0n) is 9.56. The lowest BCUT2D eigenvalue weighted by Gasteiger charge is -2.09. The molecule has 0 aliphatic carbocycles. The van der Waals surface area contributed by atoms with Crippen molar-refractivity contribution in [1.29, 1.82) is 0 Å². The van der Waals surface area contributed by atoms with Crippen molar-refractivity contribution in [3.63, 3.8) is 0 Å². The molecule has 3 N–H and O–H groups in total. The Labute approximate surface area is 122 Å². The molecule has 4 nitrogen and oxygen atoms in total. The molecule has 102 valence electrons. The Kier molecular flexibility index (Phi) is 4.24. The van der Waals surface area contributed by atoms with Gasteiger partial charge in [0.15, 0.2) is 0 Å². The van der Waals surface area contributed by atoms with E-state index in [0.29, 0.717) is 0 Å². The zero-order chi connectivity index (χ0) is 14.0. The van der Waals surface area contributed by atoms with Crippen LogP contribution < -0.4 is 10.5 Å². The molecule has 2 rings (SSSR count). The minimum atomic E-state index is -3.77. The Hall–Kier alpha value is -0.960. The first-order valence-corrected chi connectivity index (χ1v) is 8.32. The molecular weight excluding hydrogens is 355 g/mol. The number of thiophene rings is 1. The Morgan fingerprint density at radius 1 is 1.42 bits per heavy atom. The van der Waals surface area contributed by atoms with Crippen LogP contribution in [-0.4, -0.2) is 8.42 Å². The highest BCUT2D eigenvalue weighted by Gasteiger charge is 2.19. The van der Waals surface area contributed by atoms with E-state index in [1.807, 2.05) is 17.5 Å². The molecule has 0 saturated carbocycles. The van der Waals surface area contributed by atoms with Crippen LogP contribution in [0.2, 0.25) is 0 Å². The topological polar surface area (TPSA) is 72.2 Å². The zero-order valence-corrected chi connectivity index (χ0v) is 12.8. The Morgan fingerprint density at radius 2 is 2.16 bits per heavy atom. The average molecular weight is 365 g/mol. The summed E-state index contributed by atoms with van der Waals surface area (Å²) in [6.45, 7) is 0.175. The Balaban J connectivity index is 2.27. The van der Waals surface area contributed by atoms with E-state index in [4.69, 9.17) is 5.73 Å². The van der Waals surface area contributed by atoms with Crippen molar-refractivity contribution in [3.8, 4) is 0 Å². The summed E-state index contributed by atoms with van der Waals surface area (Å²) in [5.74, 6) is -0.602. The Morgan fingerprint density at radius 3 is 2.79 bits per heavy atom. The van der Waals surface area contributed by atoms with Crippen molar-refractivity contribution in [2.75, 3.05) is 5.73 Å². The number of hydrogen-bond acceptors (Lipinski definition) is 4. The van der Waals surface area contributed by atoms with Crippen molar-refractivity contribution in [2.24, 2.45) is 0 Å². The fourth-order valence-corrected chi connectivity index (χ4v) is 3.81. The van der Waals surface area contributed by atoms with Gasteiger partial charge in [0.2, 0.25) is 10.0 Å². The number of nitrogens with two attached hydrogens (primary N) is 1. The predicted octanol–water partition coefficient (Wildman–Crippen LogP) is 2.71. The first-order valence-electron chi connectivity index (χ1n) is 5.17. The number of nitrogens with one attached hydrogen (secondary N) is 1. The van der Waals surface area contributed by atoms with Crippen LogP contribution in [0.3, 0.4) is 0 Å². The largest absolute Gasteiger partial charge is 0.398 e. The van der Waals surface area contributed by atoms with Gasteiger partial charge >= 0.3 is 0 Å². The Bertz CT molecular complexity index is 687. The molecule has 0 fully saturated rings. The van der Waals surface area contributed by atoms with Crippen LogP contribution >= 0.6 is 27.3 Å². The number of sulfonamides is 1. The molecule has 0 spiro atoms. The lowest BCUT2D eigenvalue weighted by Crippen LogP contribution is -2.24. The highest BCUT2D eigenvalue weighted by atomic mass is 79.9. The molecule has 0 amide bonds. The number of halogens is 2. The van der Waals surface area contributed by atoms with Crippen molar-refractivity contribution < 1.29 is 12.8 Å². The van der Waals surface area contributed by atoms with Crippen molar-refractivity contribution in [1.82, 2.24) is 4.72 Å². The van der Waals surface area contributed by atoms with Gasteiger partial charge in [0, 0.05) is 11.4 Å². The van der Waals surface area contributed by atoms with Crippen molar-refractivity contribution in [3.05, 3.63) is 44.8 Å². The lowest BCUT2D eigenvalue weighted by atomic mass is 10.3. The molecular formula is C11H10BrFN2O2S2. The summed E-state index contributed by atoms with van der Waals surface area (Å²) < 4.78 is 39.9. The van der Waals surface area contributed by atoms with Gasteiger partial charge in [-0.3, -0.25) is 0 Å². The molecule has 1 aromatic heterocycles. The van der Waals surface area contributed by atoms with Crippen molar-refractivity contribution in [2.45, 2.75) is 11.4 Å². The predicted molar refractivity (Wildman–Crippen MR) is 76.9 cm³/mol. The second-order valence-electron chi connectivity index (χ2n) is 3.71. The molecule has 0 aliphatic rings. The lowest BCUT2D eigenvalue weighted by molar-refractivity contribution is 0.581. The quantitative estimate of drug-likeness (QED) is 0.819. The molecule has 19 heavy (non-hydrogen) atoms. The van der Waals surface area contributed by atoms with Crippen LogP contribution in [0.25, 0.3) is 0 Å². The number of anilines is 1. The monoisotopic (exact) mass is 364 g/mol. The average Bonchev–Trinajstić information content (AvgIpc) is 2.84. The van der Waals surface area contributed by atoms with Gasteiger partial charge in [-0.05, 0) is 39.5 Å². The third-order valence-corrected chi connectivity index (χ3v) is 5.30. The van der Waals surface area contributed by atoms with Crippen molar-refractivity contribution >= 4 is 43.0 Å². The standard InChI is InChI=1S/C11H10BrFN2O2S2/c12-8-4-11(10(14)5-9(8)13)19(16,17)15-6-7-2-1-3-18-7/h1-5,15H,6,14H2. The van der Waals surface area contributed by atoms with Gasteiger partial charge in [-0.1, -0.05) is 6.07 Å². The second kappa shape index (κ2) is 5.58. The van der Waals surface area contributed by atoms with Gasteiger partial charge in [0.1, 0.15) is 10.7 Å². The van der Waals surface area contributed by atoms with E-state index in [1.165, 1.54) is 11.3 Å². The highest BCUT2D eigenvalue weighted by molar-refractivity contribution is 9.10. The number of nitrogen functional groups attached to an aromatic ring is 1. The summed E-state index contributed by atoms with van der Waals surface area (Å²) in [7, 11) is -3.77. The molecule has 2 aromatic rings. The van der Waals surface area contributed by atoms with Gasteiger partial charge in [-0.2, -0.15) is 0 Å². The SMILES string of the molecule is Nc1cc(F)c(Br)cc1S(=O)(=O)NCc1cccs1. The van der Waals surface area contributed by atoms with Crippen LogP contribution in [0, 0.1) is 5.82 Å². The summed E-state index contributed by atoms with van der Waals surface area (Å²) >= 11 is 4.38. The minimum absolute atomic E-state index is 0.0539. The third kappa shape index (κ3) is 3.33. The third-order valence-electron chi connectivity index (χ3n) is 2.36. The maximum Gasteiger partial charge on any atom is 0.242 e. The number of rotatable bonds is 4. The molecule has 0 bridgehead atoms. The number of benzene rings is 1. The van der Waals surface area contributed by atoms with E-state index in [-0.39, 0.29) is 21.6 Å². The first kappa shape index (κ1) is 14.4. The molecule has 0 unspecified atom stereocenters. The first-order chi connectivity index (χ1) is 8.90. The van der Waals surface area contributed by atoms with Gasteiger partial charge in [-0.15, -0.1) is 11.3 Å². The maximum atomic E-state index is 13.2. The van der Waals surface area contributed by atoms with Gasteiger partial charge in [0.05, 0.1) is 10.2 Å². The maximum absolute atomic E-state index is 13.2. The summed E-state index contributed by atoms with van der Waals surface area (Å²) in [5, 5.41) is 1.85. The summed E-state index contributed by atoms with van der Waals surface area (Å²) in [5.41, 5.74) is 5.42. The molecule has 8 heteroatoms. The highest BCUT2D eigenvalue weighted by Crippen LogP contribution is 2.26. The summed E-state index contributed by atoms with van der Waals surface area (Å²) in [6, 6.07) is 5.78. The summed E-state index contributed by atoms with van der Waals surface area (Å²) in [4.78, 5) is 0.737. The minimum Gasteiger partial charge on any atom is -0.398 e. The summed E-state index contributed by atoms with van der Waals surface area (Å²) in [6.07, 6.45) is 0. The fraction of sp³-hybridized carbons (Fsp3) is 0.0909. The fourth-order valence-electron chi connectivity index (χ4n) is 1.43. The van der Waals surface area contributed by atoms with Crippen LogP contribution in [0.5, 0.6) is 0 Å². The number of hydrogen-bond donors (Lipinski definition) is 2. The molecule has 0 aliphatic heterocycles. The van der Waals surface area contributed by atoms with Gasteiger partial charge < -0.3 is 5.73 Å². The van der Waals surface area contributed by atoms with Crippen LogP contribution in [-0.2, 0) is 16.6 Å². The van der Waals surface area contributed by atoms with E-state index < -0.39 is 15.8 Å². The van der Waals surface area contributed by atoms with Gasteiger partial charge in [0.25, 0.3) is 0 Å². The van der Waals surface area contributed by atoms with Crippen LogP contribution in [0.1, 0.15) is 4.88 Å². The smallest absolute Gasteiger partial charge is 0.242 e. The normalized spacial score (nSPS) is 11.7. The van der Waals surface area contributed by atoms with E-state index in [2.05, 4.69) is 20.7 Å². The van der Waals surface area contributed by atoms with Crippen LogP contribution in [0.4, 0.5) is 10.1 Å². The molecule has 0 radical (unpaired) electrons. The molecule has 0 saturated heterocycles. The second-order valence-corrected chi connectivity index (χ2v) is 7.33.